The Labute approximate surface area is 161 Å². The van der Waals surface area contributed by atoms with Gasteiger partial charge in [-0.25, -0.2) is 0 Å². The van der Waals surface area contributed by atoms with Crippen molar-refractivity contribution in [2.24, 2.45) is 0 Å². The summed E-state index contributed by atoms with van der Waals surface area (Å²) in [6, 6.07) is 7.44. The van der Waals surface area contributed by atoms with Gasteiger partial charge in [0.2, 0.25) is 5.91 Å². The van der Waals surface area contributed by atoms with Gasteiger partial charge in [-0.05, 0) is 31.2 Å². The summed E-state index contributed by atoms with van der Waals surface area (Å²) in [5.74, 6) is 1.60. The van der Waals surface area contributed by atoms with E-state index in [1.807, 2.05) is 35.8 Å². The summed E-state index contributed by atoms with van der Waals surface area (Å²) in [6.07, 6.45) is 5.06. The highest BCUT2D eigenvalue weighted by molar-refractivity contribution is 7.99. The van der Waals surface area contributed by atoms with Crippen molar-refractivity contribution in [2.75, 3.05) is 19.5 Å². The highest BCUT2D eigenvalue weighted by Crippen LogP contribution is 2.24. The number of nitrogens with zero attached hydrogens (tertiary/aromatic N) is 4. The van der Waals surface area contributed by atoms with Gasteiger partial charge in [-0.15, -0.1) is 10.2 Å². The summed E-state index contributed by atoms with van der Waals surface area (Å²) in [6.45, 7) is 2.83. The van der Waals surface area contributed by atoms with Crippen LogP contribution in [0.25, 0.3) is 11.4 Å². The predicted octanol–water partition coefficient (Wildman–Crippen LogP) is 2.22. The Morgan fingerprint density at radius 1 is 1.37 bits per heavy atom. The van der Waals surface area contributed by atoms with Gasteiger partial charge in [-0.3, -0.25) is 14.3 Å². The molecular weight excluding hydrogens is 366 g/mol. The van der Waals surface area contributed by atoms with Crippen molar-refractivity contribution >= 4 is 17.7 Å². The van der Waals surface area contributed by atoms with Gasteiger partial charge in [-0.1, -0.05) is 11.8 Å². The molecule has 0 aliphatic carbocycles. The minimum atomic E-state index is -0.0833. The van der Waals surface area contributed by atoms with E-state index in [0.29, 0.717) is 24.1 Å². The maximum atomic E-state index is 12.1. The van der Waals surface area contributed by atoms with Crippen LogP contribution in [0.2, 0.25) is 0 Å². The van der Waals surface area contributed by atoms with E-state index in [-0.39, 0.29) is 17.7 Å². The second kappa shape index (κ2) is 9.33. The molecular formula is C18H21N5O3S. The van der Waals surface area contributed by atoms with Crippen LogP contribution in [0.1, 0.15) is 12.7 Å². The molecule has 0 aliphatic heterocycles. The van der Waals surface area contributed by atoms with E-state index in [1.165, 1.54) is 11.8 Å². The van der Waals surface area contributed by atoms with Gasteiger partial charge in [0.15, 0.2) is 11.0 Å². The zero-order valence-electron chi connectivity index (χ0n) is 15.2. The van der Waals surface area contributed by atoms with Gasteiger partial charge < -0.3 is 14.5 Å². The van der Waals surface area contributed by atoms with Crippen molar-refractivity contribution in [3.63, 3.8) is 0 Å². The molecule has 1 N–H and O–H groups in total. The lowest BCUT2D eigenvalue weighted by Crippen LogP contribution is -2.36. The van der Waals surface area contributed by atoms with Gasteiger partial charge in [0.1, 0.15) is 5.76 Å². The minimum Gasteiger partial charge on any atom is -0.467 e. The van der Waals surface area contributed by atoms with E-state index in [1.54, 1.807) is 25.8 Å². The number of pyridine rings is 1. The normalized spacial score (nSPS) is 12.1. The number of hydrogen-bond donors (Lipinski definition) is 1. The molecule has 1 unspecified atom stereocenters. The number of furan rings is 1. The fourth-order valence-corrected chi connectivity index (χ4v) is 3.29. The second-order valence-electron chi connectivity index (χ2n) is 5.93. The smallest absolute Gasteiger partial charge is 0.230 e. The molecule has 0 bridgehead atoms. The third kappa shape index (κ3) is 5.18. The van der Waals surface area contributed by atoms with Crippen LogP contribution in [-0.4, -0.2) is 51.2 Å². The van der Waals surface area contributed by atoms with Gasteiger partial charge in [0.25, 0.3) is 0 Å². The number of aromatic nitrogens is 4. The molecule has 1 atom stereocenters. The van der Waals surface area contributed by atoms with Gasteiger partial charge in [0.05, 0.1) is 25.2 Å². The van der Waals surface area contributed by atoms with Gasteiger partial charge >= 0.3 is 0 Å². The van der Waals surface area contributed by atoms with Crippen molar-refractivity contribution in [3.8, 4) is 11.4 Å². The summed E-state index contributed by atoms with van der Waals surface area (Å²) in [5, 5.41) is 12.1. The molecule has 142 valence electrons. The van der Waals surface area contributed by atoms with E-state index >= 15 is 0 Å². The lowest BCUT2D eigenvalue weighted by molar-refractivity contribution is -0.119. The number of ether oxygens (including phenoxy) is 1. The molecule has 8 nitrogen and oxygen atoms in total. The molecule has 3 aromatic heterocycles. The number of amides is 1. The topological polar surface area (TPSA) is 95.1 Å². The summed E-state index contributed by atoms with van der Waals surface area (Å²) in [5.41, 5.74) is 0.849. The maximum Gasteiger partial charge on any atom is 0.230 e. The molecule has 9 heteroatoms. The third-order valence-electron chi connectivity index (χ3n) is 3.69. The highest BCUT2D eigenvalue weighted by Gasteiger charge is 2.17. The van der Waals surface area contributed by atoms with Gasteiger partial charge in [-0.2, -0.15) is 0 Å². The Morgan fingerprint density at radius 3 is 2.96 bits per heavy atom. The number of thioether (sulfide) groups is 1. The molecule has 0 spiro atoms. The average Bonchev–Trinajstić information content (AvgIpc) is 3.31. The van der Waals surface area contributed by atoms with Crippen LogP contribution >= 0.6 is 11.8 Å². The number of rotatable bonds is 9. The number of carbonyl (C=O) groups is 1. The molecule has 27 heavy (non-hydrogen) atoms. The summed E-state index contributed by atoms with van der Waals surface area (Å²) in [7, 11) is 1.61. The van der Waals surface area contributed by atoms with E-state index in [4.69, 9.17) is 9.15 Å². The van der Waals surface area contributed by atoms with Crippen LogP contribution in [0.3, 0.4) is 0 Å². The first-order valence-corrected chi connectivity index (χ1v) is 9.43. The van der Waals surface area contributed by atoms with Crippen LogP contribution < -0.4 is 5.32 Å². The number of hydrogen-bond acceptors (Lipinski definition) is 7. The zero-order valence-corrected chi connectivity index (χ0v) is 16.0. The average molecular weight is 387 g/mol. The largest absolute Gasteiger partial charge is 0.467 e. The lowest BCUT2D eigenvalue weighted by Gasteiger charge is -2.12. The second-order valence-corrected chi connectivity index (χ2v) is 6.87. The molecule has 0 saturated carbocycles. The molecule has 0 fully saturated rings. The number of methoxy groups -OCH3 is 1. The van der Waals surface area contributed by atoms with E-state index in [9.17, 15) is 4.79 Å². The number of carbonyl (C=O) groups excluding carboxylic acids is 1. The van der Waals surface area contributed by atoms with Crippen LogP contribution in [0.4, 0.5) is 0 Å². The Kier molecular flexibility index (Phi) is 6.61. The quantitative estimate of drug-likeness (QED) is 0.563. The monoisotopic (exact) mass is 387 g/mol. The summed E-state index contributed by atoms with van der Waals surface area (Å²) < 4.78 is 12.4. The number of nitrogens with one attached hydrogen (secondary N) is 1. The summed E-state index contributed by atoms with van der Waals surface area (Å²) >= 11 is 1.33. The molecule has 0 saturated heterocycles. The van der Waals surface area contributed by atoms with E-state index in [0.717, 1.165) is 11.3 Å². The Bertz CT molecular complexity index is 851. The lowest BCUT2D eigenvalue weighted by atomic mass is 10.2. The first kappa shape index (κ1) is 19.1. The van der Waals surface area contributed by atoms with E-state index < -0.39 is 0 Å². The third-order valence-corrected chi connectivity index (χ3v) is 4.65. The van der Waals surface area contributed by atoms with Crippen LogP contribution in [0.5, 0.6) is 0 Å². The predicted molar refractivity (Wildman–Crippen MR) is 101 cm³/mol. The molecule has 0 aliphatic rings. The first-order valence-electron chi connectivity index (χ1n) is 8.44. The van der Waals surface area contributed by atoms with Crippen LogP contribution in [0.15, 0.2) is 52.5 Å². The van der Waals surface area contributed by atoms with Crippen molar-refractivity contribution in [1.29, 1.82) is 0 Å². The SMILES string of the molecule is COCC(C)NC(=O)CSc1nnc(-c2cccnc2)n1Cc1ccco1. The maximum absolute atomic E-state index is 12.1. The Hall–Kier alpha value is -2.65. The first-order chi connectivity index (χ1) is 13.2. The van der Waals surface area contributed by atoms with Crippen molar-refractivity contribution in [3.05, 3.63) is 48.7 Å². The highest BCUT2D eigenvalue weighted by atomic mass is 32.2. The molecule has 3 heterocycles. The molecule has 3 rings (SSSR count). The molecule has 0 aromatic carbocycles. The summed E-state index contributed by atoms with van der Waals surface area (Å²) in [4.78, 5) is 16.3. The minimum absolute atomic E-state index is 0.0463. The van der Waals surface area contributed by atoms with Gasteiger partial charge in [0, 0.05) is 31.1 Å². The van der Waals surface area contributed by atoms with Crippen LogP contribution in [0, 0.1) is 0 Å². The van der Waals surface area contributed by atoms with Crippen molar-refractivity contribution in [1.82, 2.24) is 25.1 Å². The fourth-order valence-electron chi connectivity index (χ4n) is 2.54. The molecule has 0 radical (unpaired) electrons. The molecule has 3 aromatic rings. The Balaban J connectivity index is 1.76. The Morgan fingerprint density at radius 2 is 2.26 bits per heavy atom. The molecule has 1 amide bonds. The van der Waals surface area contributed by atoms with Crippen molar-refractivity contribution < 1.29 is 13.9 Å². The van der Waals surface area contributed by atoms with Crippen LogP contribution in [-0.2, 0) is 16.1 Å². The van der Waals surface area contributed by atoms with E-state index in [2.05, 4.69) is 20.5 Å². The zero-order chi connectivity index (χ0) is 19.1. The standard InChI is InChI=1S/C18H21N5O3S/c1-13(11-25-2)20-16(24)12-27-18-22-21-17(14-5-3-7-19-9-14)23(18)10-15-6-4-8-26-15/h3-9,13H,10-12H2,1-2H3,(H,20,24). The van der Waals surface area contributed by atoms with Crippen molar-refractivity contribution in [2.45, 2.75) is 24.7 Å². The fraction of sp³-hybridized carbons (Fsp3) is 0.333.